The first-order valence-corrected chi connectivity index (χ1v) is 7.50. The van der Waals surface area contributed by atoms with Gasteiger partial charge in [-0.3, -0.25) is 0 Å². The number of aliphatic hydroxyl groups is 1. The first-order chi connectivity index (χ1) is 8.38. The van der Waals surface area contributed by atoms with Gasteiger partial charge >= 0.3 is 0 Å². The Kier molecular flexibility index (Phi) is 3.92. The maximum atomic E-state index is 10.0. The second kappa shape index (κ2) is 5.13. The summed E-state index contributed by atoms with van der Waals surface area (Å²) >= 11 is 1.70. The second-order valence-electron chi connectivity index (χ2n) is 5.99. The molecular formula is C13H23N3OS. The highest BCUT2D eigenvalue weighted by Gasteiger charge is 2.31. The molecule has 1 N–H and O–H groups in total. The molecule has 1 aromatic heterocycles. The molecule has 2 heterocycles. The average molecular weight is 269 g/mol. The van der Waals surface area contributed by atoms with E-state index in [-0.39, 0.29) is 0 Å². The van der Waals surface area contributed by atoms with Crippen molar-refractivity contribution in [3.8, 4) is 0 Å². The number of piperidine rings is 1. The Balaban J connectivity index is 1.97. The Bertz CT molecular complexity index is 389. The summed E-state index contributed by atoms with van der Waals surface area (Å²) in [7, 11) is 0. The Morgan fingerprint density at radius 3 is 2.33 bits per heavy atom. The molecule has 0 unspecified atom stereocenters. The van der Waals surface area contributed by atoms with E-state index in [2.05, 4.69) is 28.9 Å². The van der Waals surface area contributed by atoms with E-state index in [4.69, 9.17) is 0 Å². The highest BCUT2D eigenvalue weighted by atomic mass is 32.1. The van der Waals surface area contributed by atoms with Crippen LogP contribution >= 0.6 is 11.3 Å². The first kappa shape index (κ1) is 13.7. The molecule has 0 bridgehead atoms. The van der Waals surface area contributed by atoms with Crippen LogP contribution in [0, 0.1) is 5.92 Å². The van der Waals surface area contributed by atoms with Crippen LogP contribution in [-0.4, -0.2) is 34.0 Å². The zero-order valence-electron chi connectivity index (χ0n) is 11.7. The smallest absolute Gasteiger partial charge is 0.208 e. The Labute approximate surface area is 113 Å². The fraction of sp³-hybridized carbons (Fsp3) is 0.846. The minimum atomic E-state index is -0.559. The van der Waals surface area contributed by atoms with Crippen molar-refractivity contribution in [3.05, 3.63) is 5.01 Å². The second-order valence-corrected chi connectivity index (χ2v) is 6.98. The third-order valence-corrected chi connectivity index (χ3v) is 4.97. The van der Waals surface area contributed by atoms with Gasteiger partial charge in [-0.25, -0.2) is 0 Å². The van der Waals surface area contributed by atoms with Crippen LogP contribution in [0.2, 0.25) is 0 Å². The minimum absolute atomic E-state index is 0.395. The average Bonchev–Trinajstić information content (AvgIpc) is 2.77. The SMILES string of the molecule is CC(C)c1nnc(N2CCC(C(C)(C)O)CC2)s1. The molecule has 0 radical (unpaired) electrons. The zero-order valence-corrected chi connectivity index (χ0v) is 12.5. The van der Waals surface area contributed by atoms with Gasteiger partial charge in [0.2, 0.25) is 5.13 Å². The molecule has 18 heavy (non-hydrogen) atoms. The van der Waals surface area contributed by atoms with Gasteiger partial charge in [0.15, 0.2) is 0 Å². The van der Waals surface area contributed by atoms with E-state index < -0.39 is 5.60 Å². The summed E-state index contributed by atoms with van der Waals surface area (Å²) in [5, 5.41) is 20.7. The maximum Gasteiger partial charge on any atom is 0.208 e. The number of anilines is 1. The predicted octanol–water partition coefficient (Wildman–Crippen LogP) is 2.65. The normalized spacial score (nSPS) is 18.7. The van der Waals surface area contributed by atoms with Crippen LogP contribution in [0.3, 0.4) is 0 Å². The molecule has 0 atom stereocenters. The molecule has 1 aliphatic heterocycles. The zero-order chi connectivity index (χ0) is 13.3. The molecule has 0 aliphatic carbocycles. The molecule has 1 fully saturated rings. The van der Waals surface area contributed by atoms with E-state index in [9.17, 15) is 5.11 Å². The van der Waals surface area contributed by atoms with Crippen molar-refractivity contribution in [1.82, 2.24) is 10.2 Å². The van der Waals surface area contributed by atoms with Crippen LogP contribution in [-0.2, 0) is 0 Å². The molecule has 1 aromatic rings. The largest absolute Gasteiger partial charge is 0.390 e. The van der Waals surface area contributed by atoms with Crippen LogP contribution in [0.15, 0.2) is 0 Å². The Hall–Kier alpha value is -0.680. The highest BCUT2D eigenvalue weighted by molar-refractivity contribution is 7.15. The number of hydrogen-bond donors (Lipinski definition) is 1. The van der Waals surface area contributed by atoms with Gasteiger partial charge in [0.05, 0.1) is 5.60 Å². The monoisotopic (exact) mass is 269 g/mol. The molecule has 0 spiro atoms. The van der Waals surface area contributed by atoms with Crippen LogP contribution in [0.1, 0.15) is 51.5 Å². The molecule has 2 rings (SSSR count). The van der Waals surface area contributed by atoms with E-state index in [1.165, 1.54) is 0 Å². The number of hydrogen-bond acceptors (Lipinski definition) is 5. The van der Waals surface area contributed by atoms with Gasteiger partial charge in [0, 0.05) is 19.0 Å². The molecule has 4 nitrogen and oxygen atoms in total. The van der Waals surface area contributed by atoms with E-state index in [1.807, 2.05) is 13.8 Å². The summed E-state index contributed by atoms with van der Waals surface area (Å²) in [6.45, 7) is 10.1. The molecule has 0 amide bonds. The van der Waals surface area contributed by atoms with E-state index in [1.54, 1.807) is 11.3 Å². The summed E-state index contributed by atoms with van der Waals surface area (Å²) in [6, 6.07) is 0. The molecular weight excluding hydrogens is 246 g/mol. The lowest BCUT2D eigenvalue weighted by molar-refractivity contribution is 0.00651. The fourth-order valence-corrected chi connectivity index (χ4v) is 3.26. The van der Waals surface area contributed by atoms with E-state index >= 15 is 0 Å². The lowest BCUT2D eigenvalue weighted by atomic mass is 9.83. The van der Waals surface area contributed by atoms with Crippen molar-refractivity contribution >= 4 is 16.5 Å². The van der Waals surface area contributed by atoms with Gasteiger partial charge < -0.3 is 10.0 Å². The molecule has 1 saturated heterocycles. The lowest BCUT2D eigenvalue weighted by Gasteiger charge is -2.37. The summed E-state index contributed by atoms with van der Waals surface area (Å²) in [4.78, 5) is 2.30. The van der Waals surface area contributed by atoms with Crippen molar-refractivity contribution in [2.24, 2.45) is 5.92 Å². The molecule has 0 saturated carbocycles. The lowest BCUT2D eigenvalue weighted by Crippen LogP contribution is -2.41. The topological polar surface area (TPSA) is 49.2 Å². The van der Waals surface area contributed by atoms with Crippen molar-refractivity contribution in [1.29, 1.82) is 0 Å². The molecule has 5 heteroatoms. The maximum absolute atomic E-state index is 10.0. The standard InChI is InChI=1S/C13H23N3OS/c1-9(2)11-14-15-12(18-11)16-7-5-10(6-8-16)13(3,4)17/h9-10,17H,5-8H2,1-4H3. The van der Waals surface area contributed by atoms with E-state index in [0.29, 0.717) is 11.8 Å². The van der Waals surface area contributed by atoms with Crippen LogP contribution < -0.4 is 4.90 Å². The minimum Gasteiger partial charge on any atom is -0.390 e. The summed E-state index contributed by atoms with van der Waals surface area (Å²) in [5.41, 5.74) is -0.559. The van der Waals surface area contributed by atoms with Gasteiger partial charge in [0.1, 0.15) is 5.01 Å². The fourth-order valence-electron chi connectivity index (χ4n) is 2.36. The number of nitrogens with zero attached hydrogens (tertiary/aromatic N) is 3. The summed E-state index contributed by atoms with van der Waals surface area (Å²) < 4.78 is 0. The summed E-state index contributed by atoms with van der Waals surface area (Å²) in [6.07, 6.45) is 2.06. The molecule has 0 aromatic carbocycles. The third-order valence-electron chi connectivity index (χ3n) is 3.69. The Morgan fingerprint density at radius 1 is 1.28 bits per heavy atom. The van der Waals surface area contributed by atoms with Gasteiger partial charge in [-0.1, -0.05) is 25.2 Å². The van der Waals surface area contributed by atoms with E-state index in [0.717, 1.165) is 36.1 Å². The first-order valence-electron chi connectivity index (χ1n) is 6.68. The molecule has 102 valence electrons. The van der Waals surface area contributed by atoms with Crippen molar-refractivity contribution in [3.63, 3.8) is 0 Å². The Morgan fingerprint density at radius 2 is 1.89 bits per heavy atom. The number of rotatable bonds is 3. The van der Waals surface area contributed by atoms with Gasteiger partial charge in [-0.05, 0) is 32.6 Å². The number of aromatic nitrogens is 2. The van der Waals surface area contributed by atoms with Crippen LogP contribution in [0.5, 0.6) is 0 Å². The van der Waals surface area contributed by atoms with Crippen molar-refractivity contribution in [2.45, 2.75) is 52.1 Å². The summed E-state index contributed by atoms with van der Waals surface area (Å²) in [5.74, 6) is 0.844. The van der Waals surface area contributed by atoms with Gasteiger partial charge in [0.25, 0.3) is 0 Å². The van der Waals surface area contributed by atoms with Gasteiger partial charge in [-0.2, -0.15) is 0 Å². The van der Waals surface area contributed by atoms with Crippen LogP contribution in [0.4, 0.5) is 5.13 Å². The quantitative estimate of drug-likeness (QED) is 0.916. The van der Waals surface area contributed by atoms with Crippen molar-refractivity contribution < 1.29 is 5.11 Å². The third kappa shape index (κ3) is 3.01. The van der Waals surface area contributed by atoms with Crippen LogP contribution in [0.25, 0.3) is 0 Å². The molecule has 1 aliphatic rings. The van der Waals surface area contributed by atoms with Gasteiger partial charge in [-0.15, -0.1) is 10.2 Å². The highest BCUT2D eigenvalue weighted by Crippen LogP contribution is 2.32. The van der Waals surface area contributed by atoms with Crippen molar-refractivity contribution in [2.75, 3.05) is 18.0 Å². The predicted molar refractivity (Wildman–Crippen MR) is 75.2 cm³/mol.